The molecule has 1 aromatic heterocycles. The highest BCUT2D eigenvalue weighted by Gasteiger charge is 2.27. The van der Waals surface area contributed by atoms with E-state index in [9.17, 15) is 23.7 Å². The highest BCUT2D eigenvalue weighted by molar-refractivity contribution is 5.74. The Morgan fingerprint density at radius 3 is 2.74 bits per heavy atom. The van der Waals surface area contributed by atoms with Crippen molar-refractivity contribution in [1.29, 1.82) is 0 Å². The largest absolute Gasteiger partial charge is 0.466 e. The first-order valence-electron chi connectivity index (χ1n) is 5.24. The SMILES string of the molecule is CCOC(=O)Cc1cc(C(F)F)c([N+](=O)[O-])nc1N. The number of ether oxygens (including phenoxy) is 1. The van der Waals surface area contributed by atoms with Gasteiger partial charge in [0.1, 0.15) is 5.56 Å². The Bertz CT molecular complexity index is 508. The molecule has 0 aliphatic carbocycles. The molecule has 0 saturated heterocycles. The number of carbonyl (C=O) groups is 1. The first kappa shape index (κ1) is 14.7. The van der Waals surface area contributed by atoms with Crippen molar-refractivity contribution < 1.29 is 23.2 Å². The number of hydrogen-bond acceptors (Lipinski definition) is 6. The second-order valence-corrected chi connectivity index (χ2v) is 3.49. The average Bonchev–Trinajstić information content (AvgIpc) is 2.31. The van der Waals surface area contributed by atoms with E-state index in [1.54, 1.807) is 6.92 Å². The maximum Gasteiger partial charge on any atom is 0.374 e. The Hall–Kier alpha value is -2.32. The maximum atomic E-state index is 12.7. The van der Waals surface area contributed by atoms with E-state index < -0.39 is 28.7 Å². The fourth-order valence-corrected chi connectivity index (χ4v) is 1.39. The summed E-state index contributed by atoms with van der Waals surface area (Å²) in [5.41, 5.74) is 4.50. The molecule has 0 spiro atoms. The van der Waals surface area contributed by atoms with E-state index in [-0.39, 0.29) is 24.4 Å². The Kier molecular flexibility index (Phi) is 4.67. The van der Waals surface area contributed by atoms with Crippen LogP contribution >= 0.6 is 0 Å². The Balaban J connectivity index is 3.17. The number of pyridine rings is 1. The van der Waals surface area contributed by atoms with Gasteiger partial charge in [0, 0.05) is 5.56 Å². The van der Waals surface area contributed by atoms with Crippen LogP contribution in [0.5, 0.6) is 0 Å². The molecular formula is C10H11F2N3O4. The van der Waals surface area contributed by atoms with E-state index in [0.717, 1.165) is 6.07 Å². The van der Waals surface area contributed by atoms with Crippen molar-refractivity contribution in [2.24, 2.45) is 0 Å². The van der Waals surface area contributed by atoms with Crippen molar-refractivity contribution in [3.05, 3.63) is 27.3 Å². The van der Waals surface area contributed by atoms with Crippen molar-refractivity contribution in [3.8, 4) is 0 Å². The molecule has 0 unspecified atom stereocenters. The zero-order valence-electron chi connectivity index (χ0n) is 9.93. The van der Waals surface area contributed by atoms with E-state index >= 15 is 0 Å². The van der Waals surface area contributed by atoms with Gasteiger partial charge in [-0.05, 0) is 22.9 Å². The molecular weight excluding hydrogens is 264 g/mol. The molecule has 1 aromatic rings. The number of halogens is 2. The number of rotatable bonds is 5. The summed E-state index contributed by atoms with van der Waals surface area (Å²) < 4.78 is 30.0. The number of nitrogen functional groups attached to an aromatic ring is 1. The Morgan fingerprint density at radius 2 is 2.26 bits per heavy atom. The summed E-state index contributed by atoms with van der Waals surface area (Å²) in [6.07, 6.45) is -3.46. The third-order valence-corrected chi connectivity index (χ3v) is 2.19. The average molecular weight is 275 g/mol. The zero-order valence-corrected chi connectivity index (χ0v) is 9.93. The molecule has 0 bridgehead atoms. The number of alkyl halides is 2. The lowest BCUT2D eigenvalue weighted by Gasteiger charge is -2.06. The standard InChI is InChI=1S/C10H11F2N3O4/c1-2-19-7(16)4-5-3-6(8(11)12)10(15(17)18)14-9(5)13/h3,8H,2,4H2,1H3,(H2,13,14). The van der Waals surface area contributed by atoms with Gasteiger partial charge in [0.2, 0.25) is 5.82 Å². The van der Waals surface area contributed by atoms with Crippen LogP contribution in [-0.4, -0.2) is 22.5 Å². The second kappa shape index (κ2) is 6.03. The topological polar surface area (TPSA) is 108 Å². The number of nitrogens with zero attached hydrogens (tertiary/aromatic N) is 2. The molecule has 2 N–H and O–H groups in total. The summed E-state index contributed by atoms with van der Waals surface area (Å²) in [4.78, 5) is 24.1. The van der Waals surface area contributed by atoms with Crippen molar-refractivity contribution in [1.82, 2.24) is 4.98 Å². The van der Waals surface area contributed by atoms with E-state index in [1.807, 2.05) is 0 Å². The molecule has 0 fully saturated rings. The van der Waals surface area contributed by atoms with Crippen LogP contribution in [0, 0.1) is 10.1 Å². The fraction of sp³-hybridized carbons (Fsp3) is 0.400. The van der Waals surface area contributed by atoms with Crippen LogP contribution in [0.15, 0.2) is 6.07 Å². The molecule has 1 heterocycles. The molecule has 19 heavy (non-hydrogen) atoms. The fourth-order valence-electron chi connectivity index (χ4n) is 1.39. The third-order valence-electron chi connectivity index (χ3n) is 2.19. The lowest BCUT2D eigenvalue weighted by molar-refractivity contribution is -0.390. The van der Waals surface area contributed by atoms with Crippen LogP contribution < -0.4 is 5.73 Å². The lowest BCUT2D eigenvalue weighted by Crippen LogP contribution is -2.12. The van der Waals surface area contributed by atoms with Gasteiger partial charge < -0.3 is 20.6 Å². The zero-order chi connectivity index (χ0) is 14.6. The van der Waals surface area contributed by atoms with Crippen LogP contribution in [0.2, 0.25) is 0 Å². The monoisotopic (exact) mass is 275 g/mol. The van der Waals surface area contributed by atoms with Crippen molar-refractivity contribution >= 4 is 17.6 Å². The van der Waals surface area contributed by atoms with Crippen LogP contribution in [0.3, 0.4) is 0 Å². The minimum absolute atomic E-state index is 0.0284. The number of nitrogens with two attached hydrogens (primary N) is 1. The number of hydrogen-bond donors (Lipinski definition) is 1. The highest BCUT2D eigenvalue weighted by Crippen LogP contribution is 2.30. The van der Waals surface area contributed by atoms with E-state index in [0.29, 0.717) is 0 Å². The normalized spacial score (nSPS) is 10.5. The molecule has 0 atom stereocenters. The minimum atomic E-state index is -3.09. The summed E-state index contributed by atoms with van der Waals surface area (Å²) in [6, 6.07) is 0.808. The molecule has 7 nitrogen and oxygen atoms in total. The number of anilines is 1. The van der Waals surface area contributed by atoms with Crippen LogP contribution in [0.1, 0.15) is 24.5 Å². The molecule has 0 saturated carbocycles. The predicted molar refractivity (Wildman–Crippen MR) is 60.6 cm³/mol. The molecule has 0 aliphatic rings. The highest BCUT2D eigenvalue weighted by atomic mass is 19.3. The minimum Gasteiger partial charge on any atom is -0.466 e. The first-order valence-corrected chi connectivity index (χ1v) is 5.24. The van der Waals surface area contributed by atoms with E-state index in [4.69, 9.17) is 5.73 Å². The third kappa shape index (κ3) is 3.57. The van der Waals surface area contributed by atoms with Crippen molar-refractivity contribution in [2.45, 2.75) is 19.8 Å². The summed E-state index contributed by atoms with van der Waals surface area (Å²) in [5, 5.41) is 10.6. The molecule has 0 aromatic carbocycles. The van der Waals surface area contributed by atoms with E-state index in [1.165, 1.54) is 0 Å². The first-order chi connectivity index (χ1) is 8.86. The maximum absolute atomic E-state index is 12.7. The number of esters is 1. The molecule has 9 heteroatoms. The number of aromatic nitrogens is 1. The van der Waals surface area contributed by atoms with Gasteiger partial charge in [-0.3, -0.25) is 4.79 Å². The smallest absolute Gasteiger partial charge is 0.374 e. The van der Waals surface area contributed by atoms with Gasteiger partial charge in [-0.2, -0.15) is 0 Å². The molecule has 104 valence electrons. The Labute approximate surface area is 106 Å². The second-order valence-electron chi connectivity index (χ2n) is 3.49. The molecule has 0 aliphatic heterocycles. The van der Waals surface area contributed by atoms with Crippen LogP contribution in [0.25, 0.3) is 0 Å². The molecule has 0 amide bonds. The van der Waals surface area contributed by atoms with Crippen LogP contribution in [0.4, 0.5) is 20.4 Å². The van der Waals surface area contributed by atoms with Gasteiger partial charge in [0.05, 0.1) is 13.0 Å². The van der Waals surface area contributed by atoms with Crippen LogP contribution in [-0.2, 0) is 16.0 Å². The molecule has 1 rings (SSSR count). The summed E-state index contributed by atoms with van der Waals surface area (Å²) in [7, 11) is 0. The summed E-state index contributed by atoms with van der Waals surface area (Å²) in [5.74, 6) is -2.03. The van der Waals surface area contributed by atoms with Gasteiger partial charge in [-0.15, -0.1) is 0 Å². The lowest BCUT2D eigenvalue weighted by atomic mass is 10.1. The Morgan fingerprint density at radius 1 is 1.63 bits per heavy atom. The van der Waals surface area contributed by atoms with Crippen molar-refractivity contribution in [3.63, 3.8) is 0 Å². The summed E-state index contributed by atoms with van der Waals surface area (Å²) in [6.45, 7) is 1.71. The van der Waals surface area contributed by atoms with Crippen molar-refractivity contribution in [2.75, 3.05) is 12.3 Å². The summed E-state index contributed by atoms with van der Waals surface area (Å²) >= 11 is 0. The van der Waals surface area contributed by atoms with E-state index in [2.05, 4.69) is 9.72 Å². The van der Waals surface area contributed by atoms with Gasteiger partial charge in [0.15, 0.2) is 0 Å². The van der Waals surface area contributed by atoms with Gasteiger partial charge >= 0.3 is 11.8 Å². The van der Waals surface area contributed by atoms with Gasteiger partial charge in [0.25, 0.3) is 6.43 Å². The predicted octanol–water partition coefficient (Wildman–Crippen LogP) is 1.62. The number of carbonyl (C=O) groups excluding carboxylic acids is 1. The quantitative estimate of drug-likeness (QED) is 0.497. The van der Waals surface area contributed by atoms with Gasteiger partial charge in [-0.25, -0.2) is 8.78 Å². The number of nitro groups is 1. The molecule has 0 radical (unpaired) electrons. The van der Waals surface area contributed by atoms with Gasteiger partial charge in [-0.1, -0.05) is 0 Å².